The van der Waals surface area contributed by atoms with E-state index >= 15 is 0 Å². The lowest BCUT2D eigenvalue weighted by atomic mass is 9.86. The largest absolute Gasteiger partial charge is 0.348 e. The predicted molar refractivity (Wildman–Crippen MR) is 69.9 cm³/mol. The lowest BCUT2D eigenvalue weighted by Crippen LogP contribution is -2.40. The third-order valence-corrected chi connectivity index (χ3v) is 4.46. The average molecular weight is 268 g/mol. The van der Waals surface area contributed by atoms with Crippen LogP contribution in [0.25, 0.3) is 0 Å². The molecule has 0 spiro atoms. The van der Waals surface area contributed by atoms with Crippen molar-refractivity contribution in [3.05, 3.63) is 27.1 Å². The molecule has 2 atom stereocenters. The molecule has 2 unspecified atom stereocenters. The fraction of sp³-hybridized carbons (Fsp3) is 0.583. The number of carbonyl (C=O) groups excluding carboxylic acids is 1. The molecule has 0 aliphatic heterocycles. The van der Waals surface area contributed by atoms with Crippen LogP contribution in [0.5, 0.6) is 0 Å². The maximum atomic E-state index is 12.0. The number of nitro groups is 1. The van der Waals surface area contributed by atoms with Crippen LogP contribution in [0.4, 0.5) is 5.00 Å². The standard InChI is InChI=1S/C12H16N2O3S/c1-8-4-2-3-5-9(8)13-12(15)10-6-7-11(18-10)14(16)17/h6-9H,2-5H2,1H3,(H,13,15). The third-order valence-electron chi connectivity index (χ3n) is 3.42. The monoisotopic (exact) mass is 268 g/mol. The van der Waals surface area contributed by atoms with Crippen LogP contribution >= 0.6 is 11.3 Å². The molecule has 5 nitrogen and oxygen atoms in total. The topological polar surface area (TPSA) is 72.2 Å². The maximum absolute atomic E-state index is 12.0. The number of nitrogens with zero attached hydrogens (tertiary/aromatic N) is 1. The maximum Gasteiger partial charge on any atom is 0.324 e. The summed E-state index contributed by atoms with van der Waals surface area (Å²) >= 11 is 0.928. The molecule has 1 N–H and O–H groups in total. The van der Waals surface area contributed by atoms with Crippen LogP contribution in [0, 0.1) is 16.0 Å². The molecule has 1 aromatic heterocycles. The van der Waals surface area contributed by atoms with Gasteiger partial charge in [-0.05, 0) is 24.8 Å². The number of nitrogens with one attached hydrogen (secondary N) is 1. The van der Waals surface area contributed by atoms with E-state index in [4.69, 9.17) is 0 Å². The average Bonchev–Trinajstić information content (AvgIpc) is 2.81. The molecule has 0 saturated heterocycles. The summed E-state index contributed by atoms with van der Waals surface area (Å²) in [5, 5.41) is 13.6. The minimum atomic E-state index is -0.468. The lowest BCUT2D eigenvalue weighted by molar-refractivity contribution is -0.380. The Balaban J connectivity index is 2.00. The van der Waals surface area contributed by atoms with E-state index in [1.807, 2.05) is 0 Å². The van der Waals surface area contributed by atoms with E-state index in [9.17, 15) is 14.9 Å². The Bertz CT molecular complexity index is 458. The van der Waals surface area contributed by atoms with Crippen molar-refractivity contribution in [2.75, 3.05) is 0 Å². The fourth-order valence-electron chi connectivity index (χ4n) is 2.32. The molecule has 1 amide bonds. The van der Waals surface area contributed by atoms with Crippen molar-refractivity contribution in [2.45, 2.75) is 38.6 Å². The first kappa shape index (κ1) is 13.0. The quantitative estimate of drug-likeness (QED) is 0.676. The number of rotatable bonds is 3. The summed E-state index contributed by atoms with van der Waals surface area (Å²) in [6.45, 7) is 2.14. The highest BCUT2D eigenvalue weighted by Crippen LogP contribution is 2.26. The molecule has 1 fully saturated rings. The zero-order valence-corrected chi connectivity index (χ0v) is 11.0. The normalized spacial score (nSPS) is 23.6. The van der Waals surface area contributed by atoms with E-state index in [1.165, 1.54) is 18.6 Å². The van der Waals surface area contributed by atoms with Gasteiger partial charge in [-0.2, -0.15) is 0 Å². The van der Waals surface area contributed by atoms with Gasteiger partial charge in [-0.1, -0.05) is 31.1 Å². The van der Waals surface area contributed by atoms with Gasteiger partial charge < -0.3 is 5.32 Å². The van der Waals surface area contributed by atoms with Crippen LogP contribution in [0.1, 0.15) is 42.3 Å². The third kappa shape index (κ3) is 2.87. The summed E-state index contributed by atoms with van der Waals surface area (Å²) < 4.78 is 0. The summed E-state index contributed by atoms with van der Waals surface area (Å²) in [5.41, 5.74) is 0. The van der Waals surface area contributed by atoms with Gasteiger partial charge in [0.05, 0.1) is 9.80 Å². The molecule has 0 aromatic carbocycles. The van der Waals surface area contributed by atoms with Crippen LogP contribution in [0.3, 0.4) is 0 Å². The van der Waals surface area contributed by atoms with Gasteiger partial charge in [0.25, 0.3) is 5.91 Å². The van der Waals surface area contributed by atoms with Crippen molar-refractivity contribution >= 4 is 22.2 Å². The van der Waals surface area contributed by atoms with Gasteiger partial charge in [0.15, 0.2) is 0 Å². The molecular formula is C12H16N2O3S. The molecular weight excluding hydrogens is 252 g/mol. The second-order valence-electron chi connectivity index (χ2n) is 4.74. The summed E-state index contributed by atoms with van der Waals surface area (Å²) in [5.74, 6) is 0.296. The van der Waals surface area contributed by atoms with Gasteiger partial charge >= 0.3 is 5.00 Å². The Labute approximate surface area is 109 Å². The van der Waals surface area contributed by atoms with Gasteiger partial charge in [0, 0.05) is 12.1 Å². The second-order valence-corrected chi connectivity index (χ2v) is 5.80. The SMILES string of the molecule is CC1CCCCC1NC(=O)c1ccc([N+](=O)[O-])s1. The molecule has 98 valence electrons. The smallest absolute Gasteiger partial charge is 0.324 e. The Morgan fingerprint density at radius 2 is 2.17 bits per heavy atom. The van der Waals surface area contributed by atoms with Gasteiger partial charge in [0.1, 0.15) is 0 Å². The highest BCUT2D eigenvalue weighted by atomic mass is 32.1. The highest BCUT2D eigenvalue weighted by Gasteiger charge is 2.24. The Morgan fingerprint density at radius 1 is 1.44 bits per heavy atom. The minimum Gasteiger partial charge on any atom is -0.348 e. The predicted octanol–water partition coefficient (Wildman–Crippen LogP) is 2.96. The number of hydrogen-bond donors (Lipinski definition) is 1. The van der Waals surface area contributed by atoms with Gasteiger partial charge in [-0.15, -0.1) is 0 Å². The Hall–Kier alpha value is -1.43. The summed E-state index contributed by atoms with van der Waals surface area (Å²) in [7, 11) is 0. The second kappa shape index (κ2) is 5.48. The van der Waals surface area contributed by atoms with Crippen molar-refractivity contribution in [1.29, 1.82) is 0 Å². The molecule has 1 aliphatic carbocycles. The van der Waals surface area contributed by atoms with Gasteiger partial charge in [-0.3, -0.25) is 14.9 Å². The highest BCUT2D eigenvalue weighted by molar-refractivity contribution is 7.17. The number of thiophene rings is 1. The molecule has 1 heterocycles. The molecule has 1 aliphatic rings. The van der Waals surface area contributed by atoms with Crippen LogP contribution in [-0.2, 0) is 0 Å². The van der Waals surface area contributed by atoms with Gasteiger partial charge in [0.2, 0.25) is 0 Å². The van der Waals surface area contributed by atoms with E-state index in [-0.39, 0.29) is 17.0 Å². The molecule has 0 radical (unpaired) electrons. The lowest BCUT2D eigenvalue weighted by Gasteiger charge is -2.29. The number of amides is 1. The summed E-state index contributed by atoms with van der Waals surface area (Å²) in [6, 6.07) is 3.10. The first-order valence-electron chi connectivity index (χ1n) is 6.13. The van der Waals surface area contributed by atoms with E-state index in [0.29, 0.717) is 10.8 Å². The summed E-state index contributed by atoms with van der Waals surface area (Å²) in [6.07, 6.45) is 4.49. The van der Waals surface area contributed by atoms with E-state index < -0.39 is 4.92 Å². The zero-order valence-electron chi connectivity index (χ0n) is 10.2. The molecule has 18 heavy (non-hydrogen) atoms. The van der Waals surface area contributed by atoms with Crippen LogP contribution in [0.2, 0.25) is 0 Å². The number of hydrogen-bond acceptors (Lipinski definition) is 4. The molecule has 6 heteroatoms. The molecule has 1 saturated carbocycles. The van der Waals surface area contributed by atoms with E-state index in [1.54, 1.807) is 0 Å². The first-order chi connectivity index (χ1) is 8.58. The fourth-order valence-corrected chi connectivity index (χ4v) is 3.04. The van der Waals surface area contributed by atoms with Crippen molar-refractivity contribution in [2.24, 2.45) is 5.92 Å². The zero-order chi connectivity index (χ0) is 13.1. The van der Waals surface area contributed by atoms with E-state index in [2.05, 4.69) is 12.2 Å². The summed E-state index contributed by atoms with van der Waals surface area (Å²) in [4.78, 5) is 22.5. The Morgan fingerprint density at radius 3 is 2.78 bits per heavy atom. The van der Waals surface area contributed by atoms with Crippen LogP contribution in [-0.4, -0.2) is 16.9 Å². The number of carbonyl (C=O) groups is 1. The van der Waals surface area contributed by atoms with Crippen molar-refractivity contribution in [1.82, 2.24) is 5.32 Å². The molecule has 1 aromatic rings. The first-order valence-corrected chi connectivity index (χ1v) is 6.94. The van der Waals surface area contributed by atoms with Crippen molar-refractivity contribution in [3.63, 3.8) is 0 Å². The van der Waals surface area contributed by atoms with E-state index in [0.717, 1.165) is 30.6 Å². The molecule has 0 bridgehead atoms. The minimum absolute atomic E-state index is 0.0110. The Kier molecular flexibility index (Phi) is 3.96. The molecule has 2 rings (SSSR count). The van der Waals surface area contributed by atoms with Crippen molar-refractivity contribution in [3.8, 4) is 0 Å². The van der Waals surface area contributed by atoms with Crippen LogP contribution in [0.15, 0.2) is 12.1 Å². The van der Waals surface area contributed by atoms with Gasteiger partial charge in [-0.25, -0.2) is 0 Å². The van der Waals surface area contributed by atoms with Crippen molar-refractivity contribution < 1.29 is 9.72 Å². The van der Waals surface area contributed by atoms with Crippen LogP contribution < -0.4 is 5.32 Å².